The minimum absolute atomic E-state index is 0.152. The van der Waals surface area contributed by atoms with Gasteiger partial charge in [-0.05, 0) is 55.3 Å². The summed E-state index contributed by atoms with van der Waals surface area (Å²) in [6.45, 7) is 6.72. The summed E-state index contributed by atoms with van der Waals surface area (Å²) in [5, 5.41) is 3.52. The van der Waals surface area contributed by atoms with Crippen molar-refractivity contribution >= 4 is 11.3 Å². The van der Waals surface area contributed by atoms with Gasteiger partial charge in [0.1, 0.15) is 6.61 Å². The van der Waals surface area contributed by atoms with Crippen LogP contribution in [0.2, 0.25) is 0 Å². The van der Waals surface area contributed by atoms with E-state index in [1.807, 2.05) is 29.5 Å². The average Bonchev–Trinajstić information content (AvgIpc) is 3.07. The lowest BCUT2D eigenvalue weighted by Gasteiger charge is -2.31. The van der Waals surface area contributed by atoms with Crippen molar-refractivity contribution in [2.45, 2.75) is 26.0 Å². The van der Waals surface area contributed by atoms with Crippen LogP contribution in [-0.4, -0.2) is 45.3 Å². The highest BCUT2D eigenvalue weighted by atomic mass is 32.1. The number of nitrogens with zero attached hydrogens (tertiary/aromatic N) is 1. The van der Waals surface area contributed by atoms with Crippen LogP contribution in [0.5, 0.6) is 17.2 Å². The normalized spacial score (nSPS) is 15.7. The van der Waals surface area contributed by atoms with Gasteiger partial charge in [0, 0.05) is 29.4 Å². The Balaban J connectivity index is 1.70. The van der Waals surface area contributed by atoms with E-state index in [1.54, 1.807) is 14.2 Å². The van der Waals surface area contributed by atoms with Crippen molar-refractivity contribution in [2.24, 2.45) is 0 Å². The van der Waals surface area contributed by atoms with Gasteiger partial charge >= 0.3 is 0 Å². The highest BCUT2D eigenvalue weighted by Gasteiger charge is 2.27. The lowest BCUT2D eigenvalue weighted by molar-refractivity contribution is 0.240. The molecule has 0 spiro atoms. The fraction of sp³-hybridized carbons (Fsp3) is 0.385. The average molecular weight is 453 g/mol. The van der Waals surface area contributed by atoms with Crippen molar-refractivity contribution in [1.82, 2.24) is 10.2 Å². The van der Waals surface area contributed by atoms with Crippen LogP contribution < -0.4 is 19.5 Å². The molecule has 6 heteroatoms. The molecule has 0 amide bonds. The molecular formula is C26H32N2O3S. The molecule has 0 aliphatic carbocycles. The molecule has 32 heavy (non-hydrogen) atoms. The van der Waals surface area contributed by atoms with Gasteiger partial charge in [-0.3, -0.25) is 4.90 Å². The number of thiophene rings is 1. The SMILES string of the molecule is COc1cc(C(c2ccc(C)s2)N2CCCNCC2)cc(OC)c1OCc1ccccc1. The van der Waals surface area contributed by atoms with Gasteiger partial charge in [-0.15, -0.1) is 11.3 Å². The van der Waals surface area contributed by atoms with Crippen molar-refractivity contribution in [3.05, 3.63) is 75.5 Å². The van der Waals surface area contributed by atoms with Gasteiger partial charge in [-0.2, -0.15) is 0 Å². The molecule has 1 saturated heterocycles. The number of hydrogen-bond acceptors (Lipinski definition) is 6. The molecule has 0 bridgehead atoms. The molecule has 0 saturated carbocycles. The number of benzene rings is 2. The molecule has 2 heterocycles. The van der Waals surface area contributed by atoms with E-state index in [-0.39, 0.29) is 6.04 Å². The molecule has 170 valence electrons. The third-order valence-electron chi connectivity index (χ3n) is 5.80. The standard InChI is InChI=1S/C26H32N2O3S/c1-19-10-11-24(32-19)25(28-14-7-12-27-13-15-28)21-16-22(29-2)26(23(17-21)30-3)31-18-20-8-5-4-6-9-20/h4-6,8-11,16-17,25,27H,7,12-15,18H2,1-3H3. The number of rotatable bonds is 8. The molecule has 1 aliphatic rings. The van der Waals surface area contributed by atoms with Crippen LogP contribution in [0, 0.1) is 6.92 Å². The van der Waals surface area contributed by atoms with E-state index in [4.69, 9.17) is 14.2 Å². The molecule has 2 aromatic carbocycles. The van der Waals surface area contributed by atoms with Gasteiger partial charge < -0.3 is 19.5 Å². The van der Waals surface area contributed by atoms with Crippen molar-refractivity contribution in [2.75, 3.05) is 40.4 Å². The van der Waals surface area contributed by atoms with Gasteiger partial charge in [-0.25, -0.2) is 0 Å². The van der Waals surface area contributed by atoms with E-state index in [9.17, 15) is 0 Å². The third kappa shape index (κ3) is 5.26. The van der Waals surface area contributed by atoms with Crippen LogP contribution >= 0.6 is 11.3 Å². The molecule has 4 rings (SSSR count). The van der Waals surface area contributed by atoms with E-state index in [2.05, 4.69) is 53.5 Å². The van der Waals surface area contributed by atoms with E-state index >= 15 is 0 Å². The monoisotopic (exact) mass is 452 g/mol. The molecule has 1 aromatic heterocycles. The van der Waals surface area contributed by atoms with Gasteiger partial charge in [0.25, 0.3) is 0 Å². The van der Waals surface area contributed by atoms with Crippen molar-refractivity contribution in [3.8, 4) is 17.2 Å². The van der Waals surface area contributed by atoms with Crippen LogP contribution in [0.25, 0.3) is 0 Å². The highest BCUT2D eigenvalue weighted by Crippen LogP contribution is 2.43. The molecule has 0 radical (unpaired) electrons. The lowest BCUT2D eigenvalue weighted by atomic mass is 10.0. The smallest absolute Gasteiger partial charge is 0.203 e. The second kappa shape index (κ2) is 10.9. The summed E-state index contributed by atoms with van der Waals surface area (Å²) in [6.07, 6.45) is 1.13. The van der Waals surface area contributed by atoms with Gasteiger partial charge in [0.05, 0.1) is 20.3 Å². The second-order valence-corrected chi connectivity index (χ2v) is 9.34. The zero-order chi connectivity index (χ0) is 22.3. The number of nitrogens with one attached hydrogen (secondary N) is 1. The Morgan fingerprint density at radius 2 is 1.72 bits per heavy atom. The summed E-state index contributed by atoms with van der Waals surface area (Å²) in [4.78, 5) is 5.22. The molecule has 1 atom stereocenters. The molecule has 3 aromatic rings. The summed E-state index contributed by atoms with van der Waals surface area (Å²) < 4.78 is 17.8. The van der Waals surface area contributed by atoms with E-state index < -0.39 is 0 Å². The molecular weight excluding hydrogens is 420 g/mol. The Labute approximate surface area is 194 Å². The number of ether oxygens (including phenoxy) is 3. The van der Waals surface area contributed by atoms with Gasteiger partial charge in [-0.1, -0.05) is 30.3 Å². The van der Waals surface area contributed by atoms with Gasteiger partial charge in [0.15, 0.2) is 11.5 Å². The maximum Gasteiger partial charge on any atom is 0.203 e. The molecule has 1 unspecified atom stereocenters. The van der Waals surface area contributed by atoms with Crippen molar-refractivity contribution < 1.29 is 14.2 Å². The highest BCUT2D eigenvalue weighted by molar-refractivity contribution is 7.12. The Bertz CT molecular complexity index is 972. The van der Waals surface area contributed by atoms with Crippen LogP contribution in [0.1, 0.15) is 33.3 Å². The number of aryl methyl sites for hydroxylation is 1. The zero-order valence-corrected chi connectivity index (χ0v) is 19.9. The Morgan fingerprint density at radius 3 is 2.38 bits per heavy atom. The van der Waals surface area contributed by atoms with E-state index in [0.717, 1.165) is 43.7 Å². The topological polar surface area (TPSA) is 43.0 Å². The maximum absolute atomic E-state index is 6.18. The van der Waals surface area contributed by atoms with Crippen molar-refractivity contribution in [3.63, 3.8) is 0 Å². The fourth-order valence-electron chi connectivity index (χ4n) is 4.21. The quantitative estimate of drug-likeness (QED) is 0.519. The summed E-state index contributed by atoms with van der Waals surface area (Å²) in [6, 6.07) is 19.0. The number of hydrogen-bond donors (Lipinski definition) is 1. The first-order valence-electron chi connectivity index (χ1n) is 11.1. The Kier molecular flexibility index (Phi) is 7.68. The van der Waals surface area contributed by atoms with E-state index in [0.29, 0.717) is 23.9 Å². The zero-order valence-electron chi connectivity index (χ0n) is 19.1. The van der Waals surface area contributed by atoms with Crippen LogP contribution in [0.4, 0.5) is 0 Å². The predicted octanol–water partition coefficient (Wildman–Crippen LogP) is 5.04. The predicted molar refractivity (Wildman–Crippen MR) is 130 cm³/mol. The van der Waals surface area contributed by atoms with Crippen LogP contribution in [0.15, 0.2) is 54.6 Å². The third-order valence-corrected chi connectivity index (χ3v) is 6.85. The minimum atomic E-state index is 0.152. The lowest BCUT2D eigenvalue weighted by Crippen LogP contribution is -2.32. The molecule has 1 N–H and O–H groups in total. The Hall–Kier alpha value is -2.54. The number of methoxy groups -OCH3 is 2. The first-order chi connectivity index (χ1) is 15.7. The molecule has 1 aliphatic heterocycles. The summed E-state index contributed by atoms with van der Waals surface area (Å²) in [5.74, 6) is 2.03. The minimum Gasteiger partial charge on any atom is -0.493 e. The first kappa shape index (κ1) is 22.6. The van der Waals surface area contributed by atoms with Crippen LogP contribution in [0.3, 0.4) is 0 Å². The summed E-state index contributed by atoms with van der Waals surface area (Å²) in [5.41, 5.74) is 2.26. The maximum atomic E-state index is 6.18. The van der Waals surface area contributed by atoms with Crippen molar-refractivity contribution in [1.29, 1.82) is 0 Å². The second-order valence-electron chi connectivity index (χ2n) is 8.02. The Morgan fingerprint density at radius 1 is 0.969 bits per heavy atom. The largest absolute Gasteiger partial charge is 0.493 e. The summed E-state index contributed by atoms with van der Waals surface area (Å²) >= 11 is 1.85. The molecule has 5 nitrogen and oxygen atoms in total. The summed E-state index contributed by atoms with van der Waals surface area (Å²) in [7, 11) is 3.38. The van der Waals surface area contributed by atoms with E-state index in [1.165, 1.54) is 9.75 Å². The van der Waals surface area contributed by atoms with Crippen LogP contribution in [-0.2, 0) is 6.61 Å². The molecule has 1 fully saturated rings. The first-order valence-corrected chi connectivity index (χ1v) is 11.9. The van der Waals surface area contributed by atoms with Gasteiger partial charge in [0.2, 0.25) is 5.75 Å². The fourth-order valence-corrected chi connectivity index (χ4v) is 5.25.